The van der Waals surface area contributed by atoms with E-state index in [9.17, 15) is 18.0 Å². The quantitative estimate of drug-likeness (QED) is 0.153. The van der Waals surface area contributed by atoms with Crippen LogP contribution in [0.15, 0.2) is 100 Å². The van der Waals surface area contributed by atoms with Crippen LogP contribution >= 0.6 is 39.1 Å². The number of carbonyl (C=O) groups excluding carboxylic acids is 2. The van der Waals surface area contributed by atoms with Crippen molar-refractivity contribution in [2.45, 2.75) is 50.7 Å². The van der Waals surface area contributed by atoms with E-state index in [0.717, 1.165) is 15.4 Å². The second kappa shape index (κ2) is 16.0. The molecule has 0 aliphatic heterocycles. The second-order valence-corrected chi connectivity index (χ2v) is 14.8. The summed E-state index contributed by atoms with van der Waals surface area (Å²) in [4.78, 5) is 29.8. The summed E-state index contributed by atoms with van der Waals surface area (Å²) in [7, 11) is -2.81. The van der Waals surface area contributed by atoms with Gasteiger partial charge in [0.05, 0.1) is 32.2 Å². The molecule has 0 saturated carbocycles. The SMILES string of the molecule is COc1ccc(S(=O)(=O)N(CC(=O)N(Cc2ccc(Cl)c(Cl)c2)[C@@H](Cc2ccccc2)C(=O)NC(C)C)c2ccc(C)cc2)cc1Br. The van der Waals surface area contributed by atoms with Crippen LogP contribution in [-0.2, 0) is 32.6 Å². The molecule has 0 saturated heterocycles. The standard InChI is InChI=1S/C35H36BrCl2N3O5S/c1-23(2)39-35(43)32(19-25-8-6-5-7-9-25)40(21-26-12-16-30(37)31(38)18-26)34(42)22-41(27-13-10-24(3)11-14-27)47(44,45)28-15-17-33(46-4)29(36)20-28/h5-18,20,23,32H,19,21-22H2,1-4H3,(H,39,43)/t32-/m0/s1. The van der Waals surface area contributed by atoms with Crippen LogP contribution in [0.1, 0.15) is 30.5 Å². The van der Waals surface area contributed by atoms with Crippen molar-refractivity contribution >= 4 is 66.7 Å². The fourth-order valence-electron chi connectivity index (χ4n) is 4.94. The van der Waals surface area contributed by atoms with Crippen molar-refractivity contribution in [3.05, 3.63) is 122 Å². The van der Waals surface area contributed by atoms with Crippen LogP contribution < -0.4 is 14.4 Å². The first-order valence-electron chi connectivity index (χ1n) is 14.8. The molecule has 248 valence electrons. The summed E-state index contributed by atoms with van der Waals surface area (Å²) in [5.41, 5.74) is 2.65. The molecule has 4 aromatic rings. The number of rotatable bonds is 13. The third-order valence-corrected chi connectivity index (χ3v) is 10.5. The lowest BCUT2D eigenvalue weighted by atomic mass is 10.0. The molecular formula is C35H36BrCl2N3O5S. The number of anilines is 1. The van der Waals surface area contributed by atoms with Gasteiger partial charge in [-0.15, -0.1) is 0 Å². The number of hydrogen-bond acceptors (Lipinski definition) is 5. The number of nitrogens with one attached hydrogen (secondary N) is 1. The Hall–Kier alpha value is -3.57. The third kappa shape index (κ3) is 9.28. The molecule has 1 N–H and O–H groups in total. The van der Waals surface area contributed by atoms with E-state index in [1.54, 1.807) is 42.5 Å². The largest absolute Gasteiger partial charge is 0.496 e. The molecule has 47 heavy (non-hydrogen) atoms. The monoisotopic (exact) mass is 759 g/mol. The zero-order valence-electron chi connectivity index (χ0n) is 26.4. The number of carbonyl (C=O) groups is 2. The van der Waals surface area contributed by atoms with Crippen molar-refractivity contribution in [1.29, 1.82) is 0 Å². The Labute approximate surface area is 294 Å². The number of methoxy groups -OCH3 is 1. The molecule has 0 aliphatic rings. The molecule has 4 aromatic carbocycles. The van der Waals surface area contributed by atoms with Crippen LogP contribution in [0, 0.1) is 6.92 Å². The molecule has 1 atom stereocenters. The maximum atomic E-state index is 14.6. The van der Waals surface area contributed by atoms with E-state index in [2.05, 4.69) is 21.2 Å². The lowest BCUT2D eigenvalue weighted by Gasteiger charge is -2.34. The fourth-order valence-corrected chi connectivity index (χ4v) is 7.40. The topological polar surface area (TPSA) is 96.0 Å². The zero-order valence-corrected chi connectivity index (χ0v) is 30.3. The predicted molar refractivity (Wildman–Crippen MR) is 191 cm³/mol. The van der Waals surface area contributed by atoms with Crippen molar-refractivity contribution < 1.29 is 22.7 Å². The van der Waals surface area contributed by atoms with Gasteiger partial charge in [0.2, 0.25) is 11.8 Å². The van der Waals surface area contributed by atoms with Gasteiger partial charge in [0.15, 0.2) is 0 Å². The molecule has 0 heterocycles. The lowest BCUT2D eigenvalue weighted by molar-refractivity contribution is -0.140. The first-order valence-corrected chi connectivity index (χ1v) is 17.8. The molecule has 2 amide bonds. The number of halogens is 3. The Kier molecular flexibility index (Phi) is 12.4. The molecule has 0 fully saturated rings. The molecule has 0 spiro atoms. The molecule has 0 unspecified atom stereocenters. The van der Waals surface area contributed by atoms with Crippen LogP contribution in [0.5, 0.6) is 5.75 Å². The van der Waals surface area contributed by atoms with Crippen molar-refractivity contribution in [3.63, 3.8) is 0 Å². The molecule has 8 nitrogen and oxygen atoms in total. The van der Waals surface area contributed by atoms with E-state index in [0.29, 0.717) is 20.8 Å². The van der Waals surface area contributed by atoms with E-state index in [1.807, 2.05) is 51.1 Å². The van der Waals surface area contributed by atoms with Gasteiger partial charge in [-0.3, -0.25) is 13.9 Å². The highest BCUT2D eigenvalue weighted by Gasteiger charge is 2.35. The van der Waals surface area contributed by atoms with Crippen LogP contribution in [0.25, 0.3) is 0 Å². The number of benzene rings is 4. The van der Waals surface area contributed by atoms with Crippen molar-refractivity contribution in [2.24, 2.45) is 0 Å². The Morgan fingerprint density at radius 2 is 1.57 bits per heavy atom. The molecule has 0 aliphatic carbocycles. The third-order valence-electron chi connectivity index (χ3n) is 7.35. The van der Waals surface area contributed by atoms with Crippen molar-refractivity contribution in [1.82, 2.24) is 10.2 Å². The number of amides is 2. The number of aryl methyl sites for hydroxylation is 1. The molecule has 0 bridgehead atoms. The van der Waals surface area contributed by atoms with Crippen LogP contribution in [0.4, 0.5) is 5.69 Å². The van der Waals surface area contributed by atoms with E-state index < -0.39 is 28.5 Å². The van der Waals surface area contributed by atoms with E-state index in [1.165, 1.54) is 30.2 Å². The zero-order chi connectivity index (χ0) is 34.3. The average Bonchev–Trinajstić information content (AvgIpc) is 3.03. The Bertz CT molecular complexity index is 1820. The van der Waals surface area contributed by atoms with Gasteiger partial charge in [0.1, 0.15) is 18.3 Å². The summed E-state index contributed by atoms with van der Waals surface area (Å²) in [5.74, 6) is -0.511. The normalized spacial score (nSPS) is 12.0. The van der Waals surface area contributed by atoms with E-state index in [-0.39, 0.29) is 40.5 Å². The van der Waals surface area contributed by atoms with E-state index in [4.69, 9.17) is 27.9 Å². The van der Waals surface area contributed by atoms with Crippen LogP contribution in [-0.4, -0.2) is 50.9 Å². The van der Waals surface area contributed by atoms with Crippen LogP contribution in [0.2, 0.25) is 10.0 Å². The molecule has 0 radical (unpaired) electrons. The summed E-state index contributed by atoms with van der Waals surface area (Å²) in [6.07, 6.45) is 0.190. The van der Waals surface area contributed by atoms with Gasteiger partial charge >= 0.3 is 0 Å². The highest BCUT2D eigenvalue weighted by molar-refractivity contribution is 9.10. The van der Waals surface area contributed by atoms with Gasteiger partial charge in [-0.25, -0.2) is 8.42 Å². The average molecular weight is 762 g/mol. The summed E-state index contributed by atoms with van der Waals surface area (Å²) < 4.78 is 35.4. The van der Waals surface area contributed by atoms with Gasteiger partial charge in [0.25, 0.3) is 10.0 Å². The minimum Gasteiger partial charge on any atom is -0.496 e. The highest BCUT2D eigenvalue weighted by atomic mass is 79.9. The first kappa shape index (κ1) is 36.3. The summed E-state index contributed by atoms with van der Waals surface area (Å²) in [6.45, 7) is 4.93. The molecule has 12 heteroatoms. The first-order chi connectivity index (χ1) is 22.3. The van der Waals surface area contributed by atoms with Gasteiger partial charge in [0, 0.05) is 19.0 Å². The Morgan fingerprint density at radius 1 is 0.894 bits per heavy atom. The molecule has 0 aromatic heterocycles. The Morgan fingerprint density at radius 3 is 2.17 bits per heavy atom. The van der Waals surface area contributed by atoms with Gasteiger partial charge in [-0.05, 0) is 90.3 Å². The maximum absolute atomic E-state index is 14.6. The predicted octanol–water partition coefficient (Wildman–Crippen LogP) is 7.43. The number of nitrogens with zero attached hydrogens (tertiary/aromatic N) is 2. The number of hydrogen-bond donors (Lipinski definition) is 1. The summed E-state index contributed by atoms with van der Waals surface area (Å²) in [6, 6.07) is 24.3. The Balaban J connectivity index is 1.83. The smallest absolute Gasteiger partial charge is 0.264 e. The van der Waals surface area contributed by atoms with Gasteiger partial charge in [-0.1, -0.05) is 77.3 Å². The van der Waals surface area contributed by atoms with Crippen molar-refractivity contribution in [3.8, 4) is 5.75 Å². The van der Waals surface area contributed by atoms with Crippen molar-refractivity contribution in [2.75, 3.05) is 18.0 Å². The minimum atomic E-state index is -4.29. The number of sulfonamides is 1. The van der Waals surface area contributed by atoms with Crippen LogP contribution in [0.3, 0.4) is 0 Å². The summed E-state index contributed by atoms with van der Waals surface area (Å²) in [5, 5.41) is 3.57. The lowest BCUT2D eigenvalue weighted by Crippen LogP contribution is -2.54. The van der Waals surface area contributed by atoms with Gasteiger partial charge < -0.3 is 15.0 Å². The minimum absolute atomic E-state index is 0.0331. The molecular weight excluding hydrogens is 725 g/mol. The highest BCUT2D eigenvalue weighted by Crippen LogP contribution is 2.31. The number of ether oxygens (including phenoxy) is 1. The van der Waals surface area contributed by atoms with Gasteiger partial charge in [-0.2, -0.15) is 0 Å². The maximum Gasteiger partial charge on any atom is 0.264 e. The second-order valence-electron chi connectivity index (χ2n) is 11.3. The van der Waals surface area contributed by atoms with E-state index >= 15 is 0 Å². The fraction of sp³-hybridized carbons (Fsp3) is 0.257. The summed E-state index contributed by atoms with van der Waals surface area (Å²) >= 11 is 15.9. The molecule has 4 rings (SSSR count).